The number of piperidine rings is 1. The molecule has 0 bridgehead atoms. The van der Waals surface area contributed by atoms with E-state index in [0.717, 1.165) is 11.1 Å². The molecule has 2 aromatic rings. The van der Waals surface area contributed by atoms with E-state index < -0.39 is 5.41 Å². The predicted octanol–water partition coefficient (Wildman–Crippen LogP) is 4.42. The molecule has 0 unspecified atom stereocenters. The fourth-order valence-corrected chi connectivity index (χ4v) is 3.44. The van der Waals surface area contributed by atoms with Gasteiger partial charge < -0.3 is 9.64 Å². The molecule has 29 heavy (non-hydrogen) atoms. The Morgan fingerprint density at radius 1 is 0.966 bits per heavy atom. The van der Waals surface area contributed by atoms with E-state index in [9.17, 15) is 9.59 Å². The minimum atomic E-state index is -0.399. The molecule has 0 atom stereocenters. The monoisotopic (exact) mass is 390 g/mol. The van der Waals surface area contributed by atoms with Crippen LogP contribution in [0.3, 0.4) is 0 Å². The third-order valence-electron chi connectivity index (χ3n) is 5.18. The van der Waals surface area contributed by atoms with Crippen molar-refractivity contribution >= 4 is 11.9 Å². The predicted molar refractivity (Wildman–Crippen MR) is 111 cm³/mol. The Morgan fingerprint density at radius 3 is 1.97 bits per heavy atom. The van der Waals surface area contributed by atoms with E-state index in [1.54, 1.807) is 24.3 Å². The summed E-state index contributed by atoms with van der Waals surface area (Å²) in [5, 5.41) is 8.89. The molecule has 0 radical (unpaired) electrons. The van der Waals surface area contributed by atoms with Crippen LogP contribution >= 0.6 is 0 Å². The van der Waals surface area contributed by atoms with E-state index >= 15 is 0 Å². The van der Waals surface area contributed by atoms with Crippen molar-refractivity contribution in [2.45, 2.75) is 33.6 Å². The van der Waals surface area contributed by atoms with E-state index in [1.165, 1.54) is 0 Å². The van der Waals surface area contributed by atoms with Gasteiger partial charge in [0.1, 0.15) is 5.75 Å². The number of hydrogen-bond acceptors (Lipinski definition) is 4. The summed E-state index contributed by atoms with van der Waals surface area (Å²) in [5.41, 5.74) is 2.21. The molecule has 0 spiro atoms. The summed E-state index contributed by atoms with van der Waals surface area (Å²) in [4.78, 5) is 26.7. The van der Waals surface area contributed by atoms with Gasteiger partial charge in [-0.1, -0.05) is 45.0 Å². The summed E-state index contributed by atoms with van der Waals surface area (Å²) in [7, 11) is 0. The molecule has 0 saturated carbocycles. The number of carbonyl (C=O) groups is 2. The number of likely N-dealkylation sites (tertiary alicyclic amines) is 1. The molecule has 1 saturated heterocycles. The van der Waals surface area contributed by atoms with E-state index in [-0.39, 0.29) is 17.8 Å². The summed E-state index contributed by atoms with van der Waals surface area (Å²) in [6.45, 7) is 6.92. The zero-order valence-corrected chi connectivity index (χ0v) is 17.1. The average molecular weight is 390 g/mol. The van der Waals surface area contributed by atoms with Gasteiger partial charge in [-0.3, -0.25) is 9.59 Å². The maximum Gasteiger partial charge on any atom is 0.314 e. The Bertz CT molecular complexity index is 911. The number of benzene rings is 2. The molecule has 2 aromatic carbocycles. The fourth-order valence-electron chi connectivity index (χ4n) is 3.44. The number of hydrogen-bond donors (Lipinski definition) is 0. The van der Waals surface area contributed by atoms with Crippen molar-refractivity contribution in [3.05, 3.63) is 54.1 Å². The lowest BCUT2D eigenvalue weighted by atomic mass is 9.91. The maximum atomic E-state index is 12.5. The Hall–Kier alpha value is -3.13. The minimum Gasteiger partial charge on any atom is -0.426 e. The molecule has 1 heterocycles. The number of ether oxygens (including phenoxy) is 1. The van der Waals surface area contributed by atoms with E-state index in [2.05, 4.69) is 6.07 Å². The normalized spacial score (nSPS) is 14.9. The Balaban J connectivity index is 1.56. The molecule has 0 aliphatic carbocycles. The maximum absolute atomic E-state index is 12.5. The van der Waals surface area contributed by atoms with Gasteiger partial charge in [0.2, 0.25) is 5.91 Å². The summed E-state index contributed by atoms with van der Waals surface area (Å²) >= 11 is 0. The second-order valence-electron chi connectivity index (χ2n) is 8.45. The SMILES string of the molecule is CC(C)(C)C(=O)N1CCC(C(=O)Oc2ccc(-c3ccc(C#N)cc3)cc2)CC1. The summed E-state index contributed by atoms with van der Waals surface area (Å²) in [5.74, 6) is 0.222. The van der Waals surface area contributed by atoms with Crippen molar-refractivity contribution in [1.82, 2.24) is 4.90 Å². The smallest absolute Gasteiger partial charge is 0.314 e. The molecule has 1 amide bonds. The molecule has 5 nitrogen and oxygen atoms in total. The highest BCUT2D eigenvalue weighted by atomic mass is 16.5. The molecule has 1 aliphatic rings. The lowest BCUT2D eigenvalue weighted by Gasteiger charge is -2.34. The summed E-state index contributed by atoms with van der Waals surface area (Å²) in [6, 6.07) is 16.8. The van der Waals surface area contributed by atoms with Crippen molar-refractivity contribution in [1.29, 1.82) is 5.26 Å². The van der Waals surface area contributed by atoms with Crippen LogP contribution in [0.15, 0.2) is 48.5 Å². The highest BCUT2D eigenvalue weighted by Gasteiger charge is 2.33. The van der Waals surface area contributed by atoms with Gasteiger partial charge in [0.05, 0.1) is 17.6 Å². The van der Waals surface area contributed by atoms with Crippen molar-refractivity contribution in [3.8, 4) is 22.9 Å². The third-order valence-corrected chi connectivity index (χ3v) is 5.18. The van der Waals surface area contributed by atoms with Crippen LogP contribution in [0.25, 0.3) is 11.1 Å². The van der Waals surface area contributed by atoms with Crippen LogP contribution in [0.5, 0.6) is 5.75 Å². The van der Waals surface area contributed by atoms with Gasteiger partial charge in [-0.2, -0.15) is 5.26 Å². The van der Waals surface area contributed by atoms with Crippen LogP contribution in [-0.4, -0.2) is 29.9 Å². The highest BCUT2D eigenvalue weighted by Crippen LogP contribution is 2.26. The third kappa shape index (κ3) is 5.03. The first-order valence-corrected chi connectivity index (χ1v) is 9.89. The Kier molecular flexibility index (Phi) is 6.03. The number of nitriles is 1. The van der Waals surface area contributed by atoms with E-state index in [1.807, 2.05) is 49.9 Å². The van der Waals surface area contributed by atoms with Crippen molar-refractivity contribution in [3.63, 3.8) is 0 Å². The minimum absolute atomic E-state index is 0.128. The van der Waals surface area contributed by atoms with Crippen molar-refractivity contribution in [2.24, 2.45) is 11.3 Å². The Morgan fingerprint density at radius 2 is 1.48 bits per heavy atom. The first-order chi connectivity index (χ1) is 13.8. The summed E-state index contributed by atoms with van der Waals surface area (Å²) < 4.78 is 5.56. The molecule has 1 fully saturated rings. The second kappa shape index (κ2) is 8.48. The first kappa shape index (κ1) is 20.6. The highest BCUT2D eigenvalue weighted by molar-refractivity contribution is 5.82. The molecule has 0 aromatic heterocycles. The molecule has 150 valence electrons. The molecule has 1 aliphatic heterocycles. The second-order valence-corrected chi connectivity index (χ2v) is 8.45. The molecule has 0 N–H and O–H groups in total. The van der Waals surface area contributed by atoms with Crippen LogP contribution in [0.4, 0.5) is 0 Å². The van der Waals surface area contributed by atoms with Gasteiger partial charge in [-0.25, -0.2) is 0 Å². The number of esters is 1. The van der Waals surface area contributed by atoms with Crippen LogP contribution < -0.4 is 4.74 Å². The van der Waals surface area contributed by atoms with Crippen LogP contribution in [0.2, 0.25) is 0 Å². The zero-order valence-electron chi connectivity index (χ0n) is 17.1. The Labute approximate surface area is 171 Å². The number of carbonyl (C=O) groups excluding carboxylic acids is 2. The lowest BCUT2D eigenvalue weighted by Crippen LogP contribution is -2.45. The molecule has 3 rings (SSSR count). The van der Waals surface area contributed by atoms with E-state index in [0.29, 0.717) is 37.2 Å². The summed E-state index contributed by atoms with van der Waals surface area (Å²) in [6.07, 6.45) is 1.26. The first-order valence-electron chi connectivity index (χ1n) is 9.89. The lowest BCUT2D eigenvalue weighted by molar-refractivity contribution is -0.146. The van der Waals surface area contributed by atoms with Crippen LogP contribution in [-0.2, 0) is 9.59 Å². The number of amides is 1. The van der Waals surface area contributed by atoms with Crippen molar-refractivity contribution < 1.29 is 14.3 Å². The molecule has 5 heteroatoms. The largest absolute Gasteiger partial charge is 0.426 e. The topological polar surface area (TPSA) is 70.4 Å². The van der Waals surface area contributed by atoms with Gasteiger partial charge in [-0.15, -0.1) is 0 Å². The van der Waals surface area contributed by atoms with Gasteiger partial charge >= 0.3 is 5.97 Å². The van der Waals surface area contributed by atoms with Gasteiger partial charge in [-0.05, 0) is 48.2 Å². The zero-order chi connectivity index (χ0) is 21.0. The molecular weight excluding hydrogens is 364 g/mol. The van der Waals surface area contributed by atoms with Crippen LogP contribution in [0, 0.1) is 22.7 Å². The number of nitrogens with zero attached hydrogens (tertiary/aromatic N) is 2. The van der Waals surface area contributed by atoms with Gasteiger partial charge in [0.15, 0.2) is 0 Å². The van der Waals surface area contributed by atoms with Crippen molar-refractivity contribution in [2.75, 3.05) is 13.1 Å². The molecular formula is C24H26N2O3. The van der Waals surface area contributed by atoms with E-state index in [4.69, 9.17) is 10.00 Å². The standard InChI is InChI=1S/C24H26N2O3/c1-24(2,3)23(28)26-14-12-20(13-15-26)22(27)29-21-10-8-19(9-11-21)18-6-4-17(16-25)5-7-18/h4-11,20H,12-15H2,1-3H3. The van der Waals surface area contributed by atoms with Gasteiger partial charge in [0, 0.05) is 18.5 Å². The fraction of sp³-hybridized carbons (Fsp3) is 0.375. The van der Waals surface area contributed by atoms with Gasteiger partial charge in [0.25, 0.3) is 0 Å². The van der Waals surface area contributed by atoms with Crippen LogP contribution in [0.1, 0.15) is 39.2 Å². The quantitative estimate of drug-likeness (QED) is 0.575. The number of rotatable bonds is 3. The average Bonchev–Trinajstić information content (AvgIpc) is 2.73.